The van der Waals surface area contributed by atoms with Gasteiger partial charge < -0.3 is 14.8 Å². The number of ether oxygens (including phenoxy) is 2. The minimum absolute atomic E-state index is 0.0857. The average molecular weight is 341 g/mol. The Morgan fingerprint density at radius 1 is 1.24 bits per heavy atom. The summed E-state index contributed by atoms with van der Waals surface area (Å²) in [6.07, 6.45) is 2.77. The molecular weight excluding hydrogens is 325 g/mol. The molecule has 0 fully saturated rings. The zero-order chi connectivity index (χ0) is 17.8. The van der Waals surface area contributed by atoms with Crippen molar-refractivity contribution in [1.82, 2.24) is 0 Å². The van der Waals surface area contributed by atoms with Crippen LogP contribution in [0.15, 0.2) is 42.5 Å². The van der Waals surface area contributed by atoms with Crippen LogP contribution in [0.25, 0.3) is 6.08 Å². The molecule has 0 aliphatic carbocycles. The molecule has 0 aromatic heterocycles. The van der Waals surface area contributed by atoms with Crippen LogP contribution in [0.1, 0.15) is 28.4 Å². The molecule has 128 valence electrons. The second-order valence-electron chi connectivity index (χ2n) is 5.55. The topological polar surface area (TPSA) is 64.6 Å². The highest BCUT2D eigenvalue weighted by Gasteiger charge is 2.15. The summed E-state index contributed by atoms with van der Waals surface area (Å²) in [5, 5.41) is 2.66. The number of nitrogens with one attached hydrogen (secondary N) is 1. The van der Waals surface area contributed by atoms with Gasteiger partial charge in [-0.25, -0.2) is 4.39 Å². The molecule has 0 spiro atoms. The first-order valence-electron chi connectivity index (χ1n) is 7.66. The van der Waals surface area contributed by atoms with Crippen LogP contribution in [0.5, 0.6) is 5.75 Å². The number of fused-ring (bicyclic) bond motifs is 1. The smallest absolute Gasteiger partial charge is 0.248 e. The van der Waals surface area contributed by atoms with Crippen LogP contribution < -0.4 is 10.1 Å². The largest absolute Gasteiger partial charge is 0.467 e. The second-order valence-corrected chi connectivity index (χ2v) is 5.55. The molecule has 0 radical (unpaired) electrons. The lowest BCUT2D eigenvalue weighted by atomic mass is 10.1. The number of carbonyl (C=O) groups is 2. The number of halogens is 1. The van der Waals surface area contributed by atoms with Crippen molar-refractivity contribution < 1.29 is 23.5 Å². The molecule has 1 aliphatic rings. The highest BCUT2D eigenvalue weighted by molar-refractivity contribution is 6.03. The van der Waals surface area contributed by atoms with Gasteiger partial charge in [0.2, 0.25) is 5.91 Å². The van der Waals surface area contributed by atoms with Gasteiger partial charge in [0, 0.05) is 28.5 Å². The Labute approximate surface area is 144 Å². The van der Waals surface area contributed by atoms with Crippen LogP contribution in [0.2, 0.25) is 0 Å². The number of hydrogen-bond acceptors (Lipinski definition) is 4. The number of carbonyl (C=O) groups excluding carboxylic acids is 2. The van der Waals surface area contributed by atoms with Crippen LogP contribution in [-0.2, 0) is 16.1 Å². The quantitative estimate of drug-likeness (QED) is 0.682. The third kappa shape index (κ3) is 4.10. The number of Topliss-reactive ketones (excluding diaryl/α,β-unsaturated/α-hetero) is 1. The van der Waals surface area contributed by atoms with E-state index in [2.05, 4.69) is 5.32 Å². The van der Waals surface area contributed by atoms with Crippen LogP contribution in [0, 0.1) is 5.82 Å². The molecule has 1 heterocycles. The lowest BCUT2D eigenvalue weighted by Gasteiger charge is -2.19. The van der Waals surface area contributed by atoms with Crippen LogP contribution in [0.4, 0.5) is 10.1 Å². The van der Waals surface area contributed by atoms with Gasteiger partial charge in [0.15, 0.2) is 12.6 Å². The third-order valence-corrected chi connectivity index (χ3v) is 3.65. The molecule has 0 bridgehead atoms. The van der Waals surface area contributed by atoms with E-state index in [1.807, 2.05) is 0 Å². The summed E-state index contributed by atoms with van der Waals surface area (Å²) in [6, 6.07) is 9.28. The normalized spacial score (nSPS) is 13.2. The maximum absolute atomic E-state index is 13.7. The molecule has 0 saturated carbocycles. The van der Waals surface area contributed by atoms with E-state index in [1.165, 1.54) is 31.2 Å². The molecule has 5 nitrogen and oxygen atoms in total. The van der Waals surface area contributed by atoms with Gasteiger partial charge in [-0.15, -0.1) is 0 Å². The predicted molar refractivity (Wildman–Crippen MR) is 90.8 cm³/mol. The van der Waals surface area contributed by atoms with Crippen LogP contribution in [0.3, 0.4) is 0 Å². The van der Waals surface area contributed by atoms with Crippen molar-refractivity contribution in [3.05, 3.63) is 65.0 Å². The fourth-order valence-electron chi connectivity index (χ4n) is 2.50. The molecule has 0 atom stereocenters. The molecule has 3 rings (SSSR count). The van der Waals surface area contributed by atoms with Crippen molar-refractivity contribution in [3.63, 3.8) is 0 Å². The van der Waals surface area contributed by atoms with E-state index in [4.69, 9.17) is 9.47 Å². The summed E-state index contributed by atoms with van der Waals surface area (Å²) in [5.41, 5.74) is 2.08. The molecule has 25 heavy (non-hydrogen) atoms. The van der Waals surface area contributed by atoms with E-state index in [9.17, 15) is 14.0 Å². The van der Waals surface area contributed by atoms with Gasteiger partial charge in [-0.3, -0.25) is 9.59 Å². The van der Waals surface area contributed by atoms with Gasteiger partial charge in [-0.05, 0) is 37.3 Å². The first-order valence-corrected chi connectivity index (χ1v) is 7.66. The molecule has 0 unspecified atom stereocenters. The third-order valence-electron chi connectivity index (χ3n) is 3.65. The van der Waals surface area contributed by atoms with E-state index >= 15 is 0 Å². The Balaban J connectivity index is 1.76. The van der Waals surface area contributed by atoms with Crippen molar-refractivity contribution >= 4 is 23.5 Å². The summed E-state index contributed by atoms with van der Waals surface area (Å²) >= 11 is 0. The van der Waals surface area contributed by atoms with E-state index < -0.39 is 11.7 Å². The number of rotatable bonds is 4. The Morgan fingerprint density at radius 3 is 2.88 bits per heavy atom. The second kappa shape index (κ2) is 7.27. The van der Waals surface area contributed by atoms with Crippen molar-refractivity contribution in [2.75, 3.05) is 12.1 Å². The summed E-state index contributed by atoms with van der Waals surface area (Å²) < 4.78 is 24.2. The summed E-state index contributed by atoms with van der Waals surface area (Å²) in [7, 11) is 0. The minimum atomic E-state index is -0.429. The van der Waals surface area contributed by atoms with Crippen LogP contribution in [-0.4, -0.2) is 18.5 Å². The lowest BCUT2D eigenvalue weighted by molar-refractivity contribution is -0.111. The first kappa shape index (κ1) is 16.9. The minimum Gasteiger partial charge on any atom is -0.467 e. The number of hydrogen-bond donors (Lipinski definition) is 1. The number of benzene rings is 2. The fourth-order valence-corrected chi connectivity index (χ4v) is 2.50. The highest BCUT2D eigenvalue weighted by Crippen LogP contribution is 2.30. The standard InChI is InChI=1S/C19H16FNO4/c1-12(22)13-3-2-4-17(9-13)21-18(23)6-5-14-7-16(20)8-15-10-24-11-25-19(14)15/h2-9H,10-11H2,1H3,(H,21,23). The van der Waals surface area contributed by atoms with Crippen molar-refractivity contribution in [1.29, 1.82) is 0 Å². The molecule has 6 heteroatoms. The number of anilines is 1. The van der Waals surface area contributed by atoms with Gasteiger partial charge in [0.05, 0.1) is 6.61 Å². The van der Waals surface area contributed by atoms with E-state index in [-0.39, 0.29) is 19.2 Å². The Hall–Kier alpha value is -2.99. The average Bonchev–Trinajstić information content (AvgIpc) is 2.59. The fraction of sp³-hybridized carbons (Fsp3) is 0.158. The molecule has 1 aliphatic heterocycles. The maximum Gasteiger partial charge on any atom is 0.248 e. The van der Waals surface area contributed by atoms with Crippen molar-refractivity contribution in [3.8, 4) is 5.75 Å². The van der Waals surface area contributed by atoms with Gasteiger partial charge in [-0.2, -0.15) is 0 Å². The highest BCUT2D eigenvalue weighted by atomic mass is 19.1. The van der Waals surface area contributed by atoms with Crippen molar-refractivity contribution in [2.24, 2.45) is 0 Å². The first-order chi connectivity index (χ1) is 12.0. The monoisotopic (exact) mass is 341 g/mol. The lowest BCUT2D eigenvalue weighted by Crippen LogP contribution is -2.13. The molecule has 2 aromatic carbocycles. The maximum atomic E-state index is 13.7. The molecule has 1 N–H and O–H groups in total. The van der Waals surface area contributed by atoms with Gasteiger partial charge in [-0.1, -0.05) is 12.1 Å². The van der Waals surface area contributed by atoms with E-state index in [1.54, 1.807) is 24.3 Å². The molecule has 1 amide bonds. The summed E-state index contributed by atoms with van der Waals surface area (Å²) in [5.74, 6) is -0.402. The Kier molecular flexibility index (Phi) is 4.90. The zero-order valence-corrected chi connectivity index (χ0v) is 13.5. The molecule has 0 saturated heterocycles. The summed E-state index contributed by atoms with van der Waals surface area (Å²) in [4.78, 5) is 23.5. The molecule has 2 aromatic rings. The Bertz CT molecular complexity index is 860. The van der Waals surface area contributed by atoms with Gasteiger partial charge in [0.1, 0.15) is 11.6 Å². The van der Waals surface area contributed by atoms with Gasteiger partial charge >= 0.3 is 0 Å². The van der Waals surface area contributed by atoms with Crippen molar-refractivity contribution in [2.45, 2.75) is 13.5 Å². The number of ketones is 1. The number of amides is 1. The SMILES string of the molecule is CC(=O)c1cccc(NC(=O)C=Cc2cc(F)cc3c2OCOC3)c1. The summed E-state index contributed by atoms with van der Waals surface area (Å²) in [6.45, 7) is 1.80. The molecular formula is C19H16FNO4. The van der Waals surface area contributed by atoms with E-state index in [0.29, 0.717) is 28.1 Å². The van der Waals surface area contributed by atoms with Gasteiger partial charge in [0.25, 0.3) is 0 Å². The zero-order valence-electron chi connectivity index (χ0n) is 13.5. The Morgan fingerprint density at radius 2 is 2.08 bits per heavy atom. The van der Waals surface area contributed by atoms with E-state index in [0.717, 1.165) is 0 Å². The van der Waals surface area contributed by atoms with Crippen LogP contribution >= 0.6 is 0 Å². The predicted octanol–water partition coefficient (Wildman–Crippen LogP) is 3.55.